The van der Waals surface area contributed by atoms with Gasteiger partial charge in [-0.3, -0.25) is 4.79 Å². The van der Waals surface area contributed by atoms with Gasteiger partial charge in [-0.05, 0) is 31.4 Å². The molecule has 0 bridgehead atoms. The largest absolute Gasteiger partial charge is 0.336 e. The Morgan fingerprint density at radius 2 is 2.19 bits per heavy atom. The van der Waals surface area contributed by atoms with Crippen LogP contribution in [0.4, 0.5) is 4.39 Å². The lowest BCUT2D eigenvalue weighted by atomic mass is 10.1. The molecule has 1 unspecified atom stereocenters. The molecule has 1 fully saturated rings. The lowest BCUT2D eigenvalue weighted by molar-refractivity contribution is 0.0728. The second kappa shape index (κ2) is 5.90. The van der Waals surface area contributed by atoms with Crippen molar-refractivity contribution in [3.05, 3.63) is 28.5 Å². The van der Waals surface area contributed by atoms with Crippen molar-refractivity contribution in [2.75, 3.05) is 6.54 Å². The van der Waals surface area contributed by atoms with Crippen LogP contribution in [0.3, 0.4) is 0 Å². The molecule has 1 aliphatic rings. The average molecular weight is 335 g/mol. The van der Waals surface area contributed by atoms with Crippen LogP contribution < -0.4 is 5.14 Å². The highest BCUT2D eigenvalue weighted by Gasteiger charge is 2.30. The number of sulfonamides is 1. The Labute approximate surface area is 127 Å². The third kappa shape index (κ3) is 3.20. The van der Waals surface area contributed by atoms with Gasteiger partial charge in [0.05, 0.1) is 10.6 Å². The molecule has 0 aliphatic carbocycles. The van der Waals surface area contributed by atoms with Crippen LogP contribution in [-0.2, 0) is 10.0 Å². The van der Waals surface area contributed by atoms with E-state index >= 15 is 0 Å². The van der Waals surface area contributed by atoms with E-state index in [0.717, 1.165) is 31.4 Å². The van der Waals surface area contributed by atoms with Gasteiger partial charge in [-0.25, -0.2) is 17.9 Å². The van der Waals surface area contributed by atoms with Crippen LogP contribution in [0.1, 0.15) is 36.5 Å². The molecule has 2 rings (SSSR count). The molecular formula is C13H16ClFN2O3S. The van der Waals surface area contributed by atoms with E-state index in [0.29, 0.717) is 6.54 Å². The summed E-state index contributed by atoms with van der Waals surface area (Å²) in [5.74, 6) is -1.38. The van der Waals surface area contributed by atoms with Gasteiger partial charge in [-0.2, -0.15) is 0 Å². The smallest absolute Gasteiger partial charge is 0.257 e. The topological polar surface area (TPSA) is 80.5 Å². The number of carbonyl (C=O) groups is 1. The lowest BCUT2D eigenvalue weighted by Gasteiger charge is -2.24. The standard InChI is InChI=1S/C13H16ClFN2O3S/c1-2-8-4-3-5-17(8)13(18)9-6-12(21(16,19)20)10(14)7-11(9)15/h6-8H,2-5H2,1H3,(H2,16,19,20). The summed E-state index contributed by atoms with van der Waals surface area (Å²) in [5, 5.41) is 4.69. The maximum absolute atomic E-state index is 14.0. The first-order valence-corrected chi connectivity index (χ1v) is 8.51. The van der Waals surface area contributed by atoms with Gasteiger partial charge in [0.2, 0.25) is 10.0 Å². The fraction of sp³-hybridized carbons (Fsp3) is 0.462. The number of rotatable bonds is 3. The van der Waals surface area contributed by atoms with Gasteiger partial charge in [-0.1, -0.05) is 18.5 Å². The first kappa shape index (κ1) is 16.2. The summed E-state index contributed by atoms with van der Waals surface area (Å²) in [7, 11) is -4.12. The number of nitrogens with zero attached hydrogens (tertiary/aromatic N) is 1. The van der Waals surface area contributed by atoms with Gasteiger partial charge in [0.25, 0.3) is 5.91 Å². The fourth-order valence-corrected chi connectivity index (χ4v) is 3.68. The van der Waals surface area contributed by atoms with Crippen LogP contribution in [0, 0.1) is 5.82 Å². The summed E-state index contributed by atoms with van der Waals surface area (Å²) in [6.07, 6.45) is 2.48. The van der Waals surface area contributed by atoms with Gasteiger partial charge < -0.3 is 4.90 Å². The van der Waals surface area contributed by atoms with Crippen molar-refractivity contribution in [2.24, 2.45) is 5.14 Å². The molecule has 2 N–H and O–H groups in total. The van der Waals surface area contributed by atoms with Crippen molar-refractivity contribution in [1.82, 2.24) is 4.90 Å². The van der Waals surface area contributed by atoms with Crippen molar-refractivity contribution in [3.8, 4) is 0 Å². The predicted octanol–water partition coefficient (Wildman–Crippen LogP) is 2.14. The number of hydrogen-bond acceptors (Lipinski definition) is 3. The second-order valence-electron chi connectivity index (χ2n) is 5.01. The summed E-state index contributed by atoms with van der Waals surface area (Å²) in [5.41, 5.74) is -0.316. The highest BCUT2D eigenvalue weighted by Crippen LogP contribution is 2.28. The number of amides is 1. The molecule has 8 heteroatoms. The molecule has 0 spiro atoms. The van der Waals surface area contributed by atoms with E-state index < -0.39 is 26.6 Å². The minimum absolute atomic E-state index is 0.0468. The summed E-state index contributed by atoms with van der Waals surface area (Å²) in [6.45, 7) is 2.48. The van der Waals surface area contributed by atoms with E-state index in [9.17, 15) is 17.6 Å². The molecule has 21 heavy (non-hydrogen) atoms. The van der Waals surface area contributed by atoms with E-state index in [2.05, 4.69) is 0 Å². The number of carbonyl (C=O) groups excluding carboxylic acids is 1. The number of nitrogens with two attached hydrogens (primary N) is 1. The number of likely N-dealkylation sites (tertiary alicyclic amines) is 1. The third-order valence-electron chi connectivity index (χ3n) is 3.67. The Balaban J connectivity index is 2.46. The molecular weight excluding hydrogens is 319 g/mol. The van der Waals surface area contributed by atoms with Crippen molar-refractivity contribution in [2.45, 2.75) is 37.1 Å². The van der Waals surface area contributed by atoms with E-state index in [1.165, 1.54) is 0 Å². The number of halogens is 2. The molecule has 1 aliphatic heterocycles. The molecule has 1 aromatic carbocycles. The maximum atomic E-state index is 14.0. The Kier molecular flexibility index (Phi) is 4.55. The predicted molar refractivity (Wildman–Crippen MR) is 77.1 cm³/mol. The molecule has 0 saturated carbocycles. The molecule has 1 heterocycles. The van der Waals surface area contributed by atoms with Gasteiger partial charge in [0.1, 0.15) is 10.7 Å². The number of benzene rings is 1. The van der Waals surface area contributed by atoms with Gasteiger partial charge in [0, 0.05) is 12.6 Å². The van der Waals surface area contributed by atoms with E-state index in [-0.39, 0.29) is 16.6 Å². The quantitative estimate of drug-likeness (QED) is 0.919. The number of hydrogen-bond donors (Lipinski definition) is 1. The SMILES string of the molecule is CCC1CCCN1C(=O)c1cc(S(N)(=O)=O)c(Cl)cc1F. The Bertz CT molecular complexity index is 678. The van der Waals surface area contributed by atoms with E-state index in [1.807, 2.05) is 6.92 Å². The Hall–Kier alpha value is -1.18. The summed E-state index contributed by atoms with van der Waals surface area (Å²) >= 11 is 5.68. The molecule has 0 radical (unpaired) electrons. The second-order valence-corrected chi connectivity index (χ2v) is 6.95. The van der Waals surface area contributed by atoms with E-state index in [4.69, 9.17) is 16.7 Å². The average Bonchev–Trinajstić information content (AvgIpc) is 2.84. The highest BCUT2D eigenvalue weighted by atomic mass is 35.5. The summed E-state index contributed by atoms with van der Waals surface area (Å²) in [6, 6.07) is 1.77. The van der Waals surface area contributed by atoms with Crippen molar-refractivity contribution in [1.29, 1.82) is 0 Å². The minimum atomic E-state index is -4.12. The van der Waals surface area contributed by atoms with Crippen LogP contribution in [0.5, 0.6) is 0 Å². The molecule has 1 aromatic rings. The molecule has 1 amide bonds. The van der Waals surface area contributed by atoms with Gasteiger partial charge in [-0.15, -0.1) is 0 Å². The highest BCUT2D eigenvalue weighted by molar-refractivity contribution is 7.89. The Morgan fingerprint density at radius 3 is 2.76 bits per heavy atom. The summed E-state index contributed by atoms with van der Waals surface area (Å²) in [4.78, 5) is 13.6. The first-order chi connectivity index (χ1) is 9.75. The fourth-order valence-electron chi connectivity index (χ4n) is 2.59. The molecule has 5 nitrogen and oxygen atoms in total. The maximum Gasteiger partial charge on any atom is 0.257 e. The molecule has 116 valence electrons. The van der Waals surface area contributed by atoms with Crippen LogP contribution >= 0.6 is 11.6 Å². The van der Waals surface area contributed by atoms with Crippen LogP contribution in [0.2, 0.25) is 5.02 Å². The molecule has 1 saturated heterocycles. The number of primary sulfonamides is 1. The Morgan fingerprint density at radius 1 is 1.52 bits per heavy atom. The zero-order chi connectivity index (χ0) is 15.8. The van der Waals surface area contributed by atoms with Crippen LogP contribution in [0.25, 0.3) is 0 Å². The third-order valence-corrected chi connectivity index (χ3v) is 5.04. The monoisotopic (exact) mass is 334 g/mol. The minimum Gasteiger partial charge on any atom is -0.336 e. The van der Waals surface area contributed by atoms with Crippen LogP contribution in [-0.4, -0.2) is 31.8 Å². The zero-order valence-electron chi connectivity index (χ0n) is 11.5. The van der Waals surface area contributed by atoms with Crippen molar-refractivity contribution in [3.63, 3.8) is 0 Å². The van der Waals surface area contributed by atoms with Gasteiger partial charge in [0.15, 0.2) is 0 Å². The van der Waals surface area contributed by atoms with Gasteiger partial charge >= 0.3 is 0 Å². The van der Waals surface area contributed by atoms with Crippen LogP contribution in [0.15, 0.2) is 17.0 Å². The van der Waals surface area contributed by atoms with Crippen molar-refractivity contribution >= 4 is 27.5 Å². The summed E-state index contributed by atoms with van der Waals surface area (Å²) < 4.78 is 36.8. The van der Waals surface area contributed by atoms with E-state index in [1.54, 1.807) is 4.90 Å². The first-order valence-electron chi connectivity index (χ1n) is 6.58. The lowest BCUT2D eigenvalue weighted by Crippen LogP contribution is -2.35. The normalized spacial score (nSPS) is 19.0. The molecule has 0 aromatic heterocycles. The van der Waals surface area contributed by atoms with Crippen molar-refractivity contribution < 1.29 is 17.6 Å². The molecule has 1 atom stereocenters. The zero-order valence-corrected chi connectivity index (χ0v) is 13.0.